The summed E-state index contributed by atoms with van der Waals surface area (Å²) in [6.45, 7) is 14.5. The molecule has 35 heavy (non-hydrogen) atoms. The number of benzene rings is 1. The zero-order chi connectivity index (χ0) is 26.3. The number of aryl methyl sites for hydroxylation is 1. The van der Waals surface area contributed by atoms with Gasteiger partial charge in [-0.1, -0.05) is 38.6 Å². The van der Waals surface area contributed by atoms with E-state index in [9.17, 15) is 24.3 Å². The smallest absolute Gasteiger partial charge is 0.441 e. The molecule has 2 amide bonds. The van der Waals surface area contributed by atoms with E-state index in [4.69, 9.17) is 9.57 Å². The Morgan fingerprint density at radius 3 is 2.26 bits per heavy atom. The molecule has 1 aromatic rings. The van der Waals surface area contributed by atoms with Crippen molar-refractivity contribution in [2.24, 2.45) is 28.6 Å². The molecule has 2 saturated carbocycles. The molecule has 190 valence electrons. The largest absolute Gasteiger partial charge is 0.481 e. The van der Waals surface area contributed by atoms with Gasteiger partial charge >= 0.3 is 18.0 Å². The van der Waals surface area contributed by atoms with Gasteiger partial charge in [-0.25, -0.2) is 9.59 Å². The van der Waals surface area contributed by atoms with Crippen molar-refractivity contribution in [3.8, 4) is 0 Å². The number of hydrogen-bond acceptors (Lipinski definition) is 6. The van der Waals surface area contributed by atoms with E-state index in [0.717, 1.165) is 5.56 Å². The van der Waals surface area contributed by atoms with Gasteiger partial charge in [0.1, 0.15) is 5.60 Å². The summed E-state index contributed by atoms with van der Waals surface area (Å²) in [6.07, 6.45) is -0.484. The van der Waals surface area contributed by atoms with Gasteiger partial charge in [0.2, 0.25) is 5.91 Å². The molecule has 5 atom stereocenters. The van der Waals surface area contributed by atoms with Crippen LogP contribution in [-0.4, -0.2) is 34.6 Å². The van der Waals surface area contributed by atoms with Crippen molar-refractivity contribution in [3.05, 3.63) is 42.0 Å². The molecule has 3 rings (SSSR count). The third-order valence-corrected chi connectivity index (χ3v) is 7.52. The molecular weight excluding hydrogens is 452 g/mol. The highest BCUT2D eigenvalue weighted by Crippen LogP contribution is 2.82. The maximum absolute atomic E-state index is 13.6. The van der Waals surface area contributed by atoms with Crippen LogP contribution < -0.4 is 10.8 Å². The van der Waals surface area contributed by atoms with Crippen molar-refractivity contribution < 1.29 is 33.9 Å². The van der Waals surface area contributed by atoms with Crippen molar-refractivity contribution in [2.45, 2.75) is 60.0 Å². The van der Waals surface area contributed by atoms with Crippen molar-refractivity contribution in [2.75, 3.05) is 5.32 Å². The molecule has 0 aromatic heterocycles. The number of aliphatic carboxylic acids is 1. The summed E-state index contributed by atoms with van der Waals surface area (Å²) in [7, 11) is 0. The van der Waals surface area contributed by atoms with Crippen LogP contribution in [0.25, 0.3) is 0 Å². The van der Waals surface area contributed by atoms with Crippen LogP contribution in [0.4, 0.5) is 10.5 Å². The molecule has 1 aromatic carbocycles. The first-order valence-electron chi connectivity index (χ1n) is 11.8. The molecule has 2 aliphatic rings. The number of hydrogen-bond donors (Lipinski definition) is 3. The second kappa shape index (κ2) is 9.02. The predicted octanol–water partition coefficient (Wildman–Crippen LogP) is 4.23. The normalized spacial score (nSPS) is 29.1. The topological polar surface area (TPSA) is 131 Å². The second-order valence-electron chi connectivity index (χ2n) is 10.3. The minimum Gasteiger partial charge on any atom is -0.481 e. The van der Waals surface area contributed by atoms with Crippen LogP contribution in [0.5, 0.6) is 0 Å². The molecule has 9 heteroatoms. The summed E-state index contributed by atoms with van der Waals surface area (Å²) >= 11 is 0. The van der Waals surface area contributed by atoms with Gasteiger partial charge in [-0.2, -0.15) is 0 Å². The summed E-state index contributed by atoms with van der Waals surface area (Å²) in [6, 6.07) is 7.24. The third kappa shape index (κ3) is 4.06. The molecule has 0 aliphatic heterocycles. The second-order valence-corrected chi connectivity index (χ2v) is 10.3. The number of nitrogens with one attached hydrogen (secondary N) is 2. The van der Waals surface area contributed by atoms with Crippen LogP contribution in [0, 0.1) is 35.5 Å². The number of carbonyl (C=O) groups is 4. The predicted molar refractivity (Wildman–Crippen MR) is 128 cm³/mol. The first-order chi connectivity index (χ1) is 16.3. The maximum Gasteiger partial charge on any atom is 0.441 e. The maximum atomic E-state index is 13.6. The molecular formula is C26H34N2O7. The molecule has 9 nitrogen and oxygen atoms in total. The van der Waals surface area contributed by atoms with Crippen LogP contribution in [0.15, 0.2) is 36.4 Å². The lowest BCUT2D eigenvalue weighted by Gasteiger charge is -2.37. The fraction of sp³-hybridized carbons (Fsp3) is 0.538. The van der Waals surface area contributed by atoms with Gasteiger partial charge in [0.05, 0.1) is 17.3 Å². The summed E-state index contributed by atoms with van der Waals surface area (Å²) in [5.74, 6) is -4.82. The van der Waals surface area contributed by atoms with Gasteiger partial charge in [-0.05, 0) is 63.7 Å². The highest BCUT2D eigenvalue weighted by Gasteiger charge is 2.86. The molecule has 0 heterocycles. The van der Waals surface area contributed by atoms with Crippen LogP contribution in [0.3, 0.4) is 0 Å². The highest BCUT2D eigenvalue weighted by atomic mass is 16.7. The van der Waals surface area contributed by atoms with Crippen LogP contribution in [0.1, 0.15) is 53.0 Å². The number of para-hydroxylation sites is 1. The highest BCUT2D eigenvalue weighted by molar-refractivity contribution is 6.01. The van der Waals surface area contributed by atoms with Gasteiger partial charge in [0.15, 0.2) is 0 Å². The monoisotopic (exact) mass is 486 g/mol. The van der Waals surface area contributed by atoms with Crippen LogP contribution in [0.2, 0.25) is 0 Å². The van der Waals surface area contributed by atoms with Crippen LogP contribution >= 0.6 is 0 Å². The van der Waals surface area contributed by atoms with Gasteiger partial charge in [0.25, 0.3) is 0 Å². The van der Waals surface area contributed by atoms with Gasteiger partial charge in [-0.3, -0.25) is 9.59 Å². The average molecular weight is 487 g/mol. The molecule has 0 bridgehead atoms. The standard InChI is InChI=1S/C26H34N2O7/c1-8-25(22(32)35-28-23(33)34-24(5,6)7)15(4)17(18-19(21(30)31)26(18,25)9-2)20(29)27-16-13-11-10-12-14(16)3/h10-13,17-19H,4,8-9H2,1-3,5-7H3,(H,27,29)(H,28,33)(H,30,31). The number of amides is 2. The number of rotatable bonds is 6. The molecule has 2 aliphatic carbocycles. The average Bonchev–Trinajstić information content (AvgIpc) is 3.37. The Morgan fingerprint density at radius 2 is 1.74 bits per heavy atom. The lowest BCUT2D eigenvalue weighted by Crippen LogP contribution is -2.46. The molecule has 2 fully saturated rings. The molecule has 3 N–H and O–H groups in total. The lowest BCUT2D eigenvalue weighted by molar-refractivity contribution is -0.166. The number of ether oxygens (including phenoxy) is 1. The summed E-state index contributed by atoms with van der Waals surface area (Å²) in [5.41, 5.74) is 0.407. The SMILES string of the molecule is C=C1C(C(=O)Nc2ccccc2C)C2C(C(=O)O)C2(CC)C1(CC)C(=O)ONC(=O)OC(C)(C)C. The number of carboxylic acids is 1. The van der Waals surface area contributed by atoms with Crippen LogP contribution in [-0.2, 0) is 24.0 Å². The van der Waals surface area contributed by atoms with Crippen molar-refractivity contribution in [1.82, 2.24) is 5.48 Å². The summed E-state index contributed by atoms with van der Waals surface area (Å²) in [5, 5.41) is 12.9. The molecule has 0 saturated heterocycles. The summed E-state index contributed by atoms with van der Waals surface area (Å²) < 4.78 is 5.12. The fourth-order valence-electron chi connectivity index (χ4n) is 6.16. The quantitative estimate of drug-likeness (QED) is 0.405. The number of anilines is 1. The van der Waals surface area contributed by atoms with E-state index in [1.54, 1.807) is 46.8 Å². The Labute approximate surface area is 205 Å². The molecule has 0 radical (unpaired) electrons. The zero-order valence-corrected chi connectivity index (χ0v) is 21.1. The number of hydroxylamine groups is 1. The Kier molecular flexibility index (Phi) is 6.76. The van der Waals surface area contributed by atoms with Gasteiger partial charge < -0.3 is 20.0 Å². The summed E-state index contributed by atoms with van der Waals surface area (Å²) in [4.78, 5) is 56.6. The number of fused-ring (bicyclic) bond motifs is 1. The Balaban J connectivity index is 1.96. The van der Waals surface area contributed by atoms with E-state index >= 15 is 0 Å². The Hall–Kier alpha value is -3.36. The molecule has 0 spiro atoms. The molecule has 5 unspecified atom stereocenters. The van der Waals surface area contributed by atoms with Crippen molar-refractivity contribution >= 4 is 29.6 Å². The number of carbonyl (C=O) groups excluding carboxylic acids is 3. The van der Waals surface area contributed by atoms with Gasteiger partial charge in [-0.15, -0.1) is 5.48 Å². The van der Waals surface area contributed by atoms with E-state index in [1.807, 2.05) is 24.5 Å². The van der Waals surface area contributed by atoms with Gasteiger partial charge in [0, 0.05) is 11.1 Å². The van der Waals surface area contributed by atoms with Crippen molar-refractivity contribution in [1.29, 1.82) is 0 Å². The zero-order valence-electron chi connectivity index (χ0n) is 21.1. The first kappa shape index (κ1) is 26.2. The Bertz CT molecular complexity index is 1080. The lowest BCUT2D eigenvalue weighted by atomic mass is 9.65. The van der Waals surface area contributed by atoms with E-state index in [1.165, 1.54) is 0 Å². The first-order valence-corrected chi connectivity index (χ1v) is 11.8. The number of carboxylic acid groups (broad SMARTS) is 1. The van der Waals surface area contributed by atoms with Crippen molar-refractivity contribution in [3.63, 3.8) is 0 Å². The van der Waals surface area contributed by atoms with E-state index in [0.29, 0.717) is 17.7 Å². The Morgan fingerprint density at radius 1 is 1.11 bits per heavy atom. The minimum absolute atomic E-state index is 0.156. The minimum atomic E-state index is -1.47. The fourth-order valence-corrected chi connectivity index (χ4v) is 6.16. The van der Waals surface area contributed by atoms with E-state index < -0.39 is 58.1 Å². The van der Waals surface area contributed by atoms with E-state index in [-0.39, 0.29) is 6.42 Å². The third-order valence-electron chi connectivity index (χ3n) is 7.52. The van der Waals surface area contributed by atoms with E-state index in [2.05, 4.69) is 11.9 Å².